The van der Waals surface area contributed by atoms with Crippen molar-refractivity contribution in [3.05, 3.63) is 22.7 Å². The van der Waals surface area contributed by atoms with Crippen molar-refractivity contribution < 1.29 is 14.3 Å². The van der Waals surface area contributed by atoms with Crippen LogP contribution in [0.15, 0.2) is 6.20 Å². The highest BCUT2D eigenvalue weighted by molar-refractivity contribution is 6.33. The average Bonchev–Trinajstić information content (AvgIpc) is 2.43. The van der Waals surface area contributed by atoms with Crippen LogP contribution in [-0.4, -0.2) is 49.4 Å². The van der Waals surface area contributed by atoms with Crippen LogP contribution in [0, 0.1) is 0 Å². The standard InChI is InChI=1S/C13H20ClN3O3/c1-8(2)12-15-6-10(14)11(17-12)13(18)16-5-9(20-4)7-19-3/h6,8-9H,5,7H2,1-4H3,(H,16,18). The van der Waals surface area contributed by atoms with Gasteiger partial charge in [0.2, 0.25) is 0 Å². The SMILES string of the molecule is COCC(CNC(=O)c1nc(C(C)C)ncc1Cl)OC. The summed E-state index contributed by atoms with van der Waals surface area (Å²) < 4.78 is 10.1. The summed E-state index contributed by atoms with van der Waals surface area (Å²) in [6.07, 6.45) is 1.23. The Bertz CT molecular complexity index is 454. The van der Waals surface area contributed by atoms with E-state index < -0.39 is 0 Å². The fourth-order valence-electron chi connectivity index (χ4n) is 1.50. The minimum absolute atomic E-state index is 0.124. The Morgan fingerprint density at radius 1 is 1.45 bits per heavy atom. The van der Waals surface area contributed by atoms with E-state index in [4.69, 9.17) is 21.1 Å². The molecule has 0 saturated heterocycles. The van der Waals surface area contributed by atoms with E-state index in [1.165, 1.54) is 6.20 Å². The Kier molecular flexibility index (Phi) is 6.84. The molecule has 7 heteroatoms. The molecule has 1 unspecified atom stereocenters. The second kappa shape index (κ2) is 8.14. The lowest BCUT2D eigenvalue weighted by molar-refractivity contribution is 0.0285. The normalized spacial score (nSPS) is 12.5. The van der Waals surface area contributed by atoms with Gasteiger partial charge in [-0.1, -0.05) is 25.4 Å². The molecule has 0 saturated carbocycles. The van der Waals surface area contributed by atoms with Crippen LogP contribution in [0.1, 0.15) is 36.1 Å². The third-order valence-corrected chi connectivity index (χ3v) is 2.95. The van der Waals surface area contributed by atoms with Gasteiger partial charge in [-0.15, -0.1) is 0 Å². The summed E-state index contributed by atoms with van der Waals surface area (Å²) in [5.41, 5.74) is 0.178. The summed E-state index contributed by atoms with van der Waals surface area (Å²) >= 11 is 5.96. The van der Waals surface area contributed by atoms with Gasteiger partial charge in [-0.3, -0.25) is 4.79 Å². The zero-order valence-electron chi connectivity index (χ0n) is 12.1. The average molecular weight is 302 g/mol. The zero-order valence-corrected chi connectivity index (χ0v) is 12.9. The molecule has 0 aromatic carbocycles. The second-order valence-electron chi connectivity index (χ2n) is 4.60. The Labute approximate surface area is 123 Å². The fraction of sp³-hybridized carbons (Fsp3) is 0.615. The molecule has 0 aliphatic rings. The molecule has 0 bridgehead atoms. The summed E-state index contributed by atoms with van der Waals surface area (Å²) in [6.45, 7) is 4.61. The number of carbonyl (C=O) groups excluding carboxylic acids is 1. The maximum atomic E-state index is 12.1. The highest BCUT2D eigenvalue weighted by Gasteiger charge is 2.17. The quantitative estimate of drug-likeness (QED) is 0.829. The monoisotopic (exact) mass is 301 g/mol. The third-order valence-electron chi connectivity index (χ3n) is 2.67. The van der Waals surface area contributed by atoms with E-state index >= 15 is 0 Å². The van der Waals surface area contributed by atoms with Crippen LogP contribution in [0.3, 0.4) is 0 Å². The minimum atomic E-state index is -0.350. The molecule has 1 atom stereocenters. The number of aromatic nitrogens is 2. The van der Waals surface area contributed by atoms with Crippen LogP contribution < -0.4 is 5.32 Å². The maximum absolute atomic E-state index is 12.1. The summed E-state index contributed by atoms with van der Waals surface area (Å²) in [5.74, 6) is 0.358. The number of ether oxygens (including phenoxy) is 2. The lowest BCUT2D eigenvalue weighted by Crippen LogP contribution is -2.36. The first-order valence-corrected chi connectivity index (χ1v) is 6.69. The number of nitrogens with one attached hydrogen (secondary N) is 1. The zero-order chi connectivity index (χ0) is 15.1. The van der Waals surface area contributed by atoms with Gasteiger partial charge in [-0.25, -0.2) is 9.97 Å². The summed E-state index contributed by atoms with van der Waals surface area (Å²) in [7, 11) is 3.13. The first kappa shape index (κ1) is 16.8. The van der Waals surface area contributed by atoms with Crippen molar-refractivity contribution in [2.45, 2.75) is 25.9 Å². The fourth-order valence-corrected chi connectivity index (χ4v) is 1.68. The first-order valence-electron chi connectivity index (χ1n) is 6.32. The molecular weight excluding hydrogens is 282 g/mol. The molecule has 1 aromatic heterocycles. The first-order chi connectivity index (χ1) is 9.49. The van der Waals surface area contributed by atoms with Crippen LogP contribution in [0.25, 0.3) is 0 Å². The van der Waals surface area contributed by atoms with E-state index in [1.54, 1.807) is 14.2 Å². The van der Waals surface area contributed by atoms with E-state index in [9.17, 15) is 4.79 Å². The molecule has 1 amide bonds. The number of hydrogen-bond acceptors (Lipinski definition) is 5. The lowest BCUT2D eigenvalue weighted by atomic mass is 10.2. The van der Waals surface area contributed by atoms with Crippen LogP contribution in [0.2, 0.25) is 5.02 Å². The molecule has 20 heavy (non-hydrogen) atoms. The van der Waals surface area contributed by atoms with E-state index in [2.05, 4.69) is 15.3 Å². The van der Waals surface area contributed by atoms with Crippen molar-refractivity contribution in [3.8, 4) is 0 Å². The van der Waals surface area contributed by atoms with Crippen molar-refractivity contribution in [1.29, 1.82) is 0 Å². The molecule has 0 aliphatic heterocycles. The van der Waals surface area contributed by atoms with Crippen molar-refractivity contribution in [2.75, 3.05) is 27.4 Å². The predicted molar refractivity (Wildman–Crippen MR) is 76.1 cm³/mol. The second-order valence-corrected chi connectivity index (χ2v) is 5.01. The predicted octanol–water partition coefficient (Wildman–Crippen LogP) is 1.64. The molecule has 0 fully saturated rings. The molecule has 1 N–H and O–H groups in total. The van der Waals surface area contributed by atoms with Gasteiger partial charge in [0.1, 0.15) is 11.5 Å². The molecular formula is C13H20ClN3O3. The number of nitrogens with zero attached hydrogens (tertiary/aromatic N) is 2. The summed E-state index contributed by atoms with van der Waals surface area (Å²) in [5, 5.41) is 2.95. The topological polar surface area (TPSA) is 73.3 Å². The van der Waals surface area contributed by atoms with Crippen LogP contribution in [0.4, 0.5) is 0 Å². The van der Waals surface area contributed by atoms with Crippen molar-refractivity contribution in [2.24, 2.45) is 0 Å². The summed E-state index contributed by atoms with van der Waals surface area (Å²) in [4.78, 5) is 20.4. The molecule has 0 spiro atoms. The smallest absolute Gasteiger partial charge is 0.271 e. The number of rotatable bonds is 7. The lowest BCUT2D eigenvalue weighted by Gasteiger charge is -2.15. The molecule has 0 aliphatic carbocycles. The van der Waals surface area contributed by atoms with Gasteiger partial charge >= 0.3 is 0 Å². The number of halogens is 1. The van der Waals surface area contributed by atoms with Gasteiger partial charge in [0.15, 0.2) is 0 Å². The van der Waals surface area contributed by atoms with E-state index in [-0.39, 0.29) is 28.6 Å². The minimum Gasteiger partial charge on any atom is -0.382 e. The van der Waals surface area contributed by atoms with Crippen molar-refractivity contribution in [1.82, 2.24) is 15.3 Å². The van der Waals surface area contributed by atoms with Gasteiger partial charge in [-0.05, 0) is 0 Å². The largest absolute Gasteiger partial charge is 0.382 e. The molecule has 1 heterocycles. The van der Waals surface area contributed by atoms with E-state index in [0.717, 1.165) is 0 Å². The Morgan fingerprint density at radius 2 is 2.15 bits per heavy atom. The maximum Gasteiger partial charge on any atom is 0.271 e. The number of hydrogen-bond donors (Lipinski definition) is 1. The molecule has 6 nitrogen and oxygen atoms in total. The highest BCUT2D eigenvalue weighted by Crippen LogP contribution is 2.16. The number of methoxy groups -OCH3 is 2. The molecule has 1 aromatic rings. The van der Waals surface area contributed by atoms with E-state index in [0.29, 0.717) is 19.0 Å². The Balaban J connectivity index is 2.74. The van der Waals surface area contributed by atoms with Crippen molar-refractivity contribution >= 4 is 17.5 Å². The van der Waals surface area contributed by atoms with Crippen LogP contribution in [-0.2, 0) is 9.47 Å². The molecule has 1 rings (SSSR count). The van der Waals surface area contributed by atoms with Gasteiger partial charge in [0.05, 0.1) is 23.9 Å². The molecule has 112 valence electrons. The molecule has 0 radical (unpaired) electrons. The summed E-state index contributed by atoms with van der Waals surface area (Å²) in [6, 6.07) is 0. The van der Waals surface area contributed by atoms with Crippen LogP contribution in [0.5, 0.6) is 0 Å². The van der Waals surface area contributed by atoms with E-state index in [1.807, 2.05) is 13.8 Å². The highest BCUT2D eigenvalue weighted by atomic mass is 35.5. The number of carbonyl (C=O) groups is 1. The van der Waals surface area contributed by atoms with Crippen molar-refractivity contribution in [3.63, 3.8) is 0 Å². The van der Waals surface area contributed by atoms with Gasteiger partial charge in [0.25, 0.3) is 5.91 Å². The van der Waals surface area contributed by atoms with Gasteiger partial charge in [-0.2, -0.15) is 0 Å². The van der Waals surface area contributed by atoms with Crippen LogP contribution >= 0.6 is 11.6 Å². The Hall–Kier alpha value is -1.24. The Morgan fingerprint density at radius 3 is 2.70 bits per heavy atom. The van der Waals surface area contributed by atoms with Gasteiger partial charge < -0.3 is 14.8 Å². The number of amides is 1. The third kappa shape index (κ3) is 4.70. The van der Waals surface area contributed by atoms with Gasteiger partial charge in [0, 0.05) is 26.7 Å².